The van der Waals surface area contributed by atoms with Gasteiger partial charge >= 0.3 is 0 Å². The predicted octanol–water partition coefficient (Wildman–Crippen LogP) is 3.04. The summed E-state index contributed by atoms with van der Waals surface area (Å²) in [6.07, 6.45) is 1.27. The largest absolute Gasteiger partial charge is 0.352 e. The van der Waals surface area contributed by atoms with Crippen molar-refractivity contribution in [2.75, 3.05) is 0 Å². The van der Waals surface area contributed by atoms with Gasteiger partial charge in [-0.3, -0.25) is 9.59 Å². The molecule has 22 heavy (non-hydrogen) atoms. The molecule has 0 heterocycles. The van der Waals surface area contributed by atoms with E-state index in [4.69, 9.17) is 0 Å². The monoisotopic (exact) mass is 304 g/mol. The third-order valence-corrected chi connectivity index (χ3v) is 3.91. The van der Waals surface area contributed by atoms with Gasteiger partial charge in [0.25, 0.3) is 0 Å². The van der Waals surface area contributed by atoms with E-state index in [1.165, 1.54) is 0 Å². The molecule has 0 unspecified atom stereocenters. The molecule has 0 saturated carbocycles. The van der Waals surface area contributed by atoms with Crippen molar-refractivity contribution in [3.63, 3.8) is 0 Å². The zero-order valence-electron chi connectivity index (χ0n) is 14.3. The lowest BCUT2D eigenvalue weighted by Gasteiger charge is -2.29. The molecular formula is C18H28N2O2. The molecule has 0 aliphatic carbocycles. The first-order valence-corrected chi connectivity index (χ1v) is 8.04. The van der Waals surface area contributed by atoms with Gasteiger partial charge in [0.1, 0.15) is 6.04 Å². The molecule has 0 saturated heterocycles. The molecule has 1 aromatic rings. The van der Waals surface area contributed by atoms with Crippen LogP contribution in [0.3, 0.4) is 0 Å². The average Bonchev–Trinajstić information content (AvgIpc) is 2.51. The predicted molar refractivity (Wildman–Crippen MR) is 89.4 cm³/mol. The molecule has 0 spiro atoms. The van der Waals surface area contributed by atoms with Crippen molar-refractivity contribution in [2.45, 2.75) is 66.1 Å². The first kappa shape index (κ1) is 18.2. The van der Waals surface area contributed by atoms with Gasteiger partial charge in [0.2, 0.25) is 11.8 Å². The maximum Gasteiger partial charge on any atom is 0.242 e. The van der Waals surface area contributed by atoms with Crippen LogP contribution in [-0.4, -0.2) is 28.8 Å². The highest BCUT2D eigenvalue weighted by molar-refractivity contribution is 5.87. The van der Waals surface area contributed by atoms with Crippen LogP contribution in [0.4, 0.5) is 0 Å². The highest BCUT2D eigenvalue weighted by Crippen LogP contribution is 2.12. The van der Waals surface area contributed by atoms with Crippen molar-refractivity contribution in [3.8, 4) is 0 Å². The second-order valence-corrected chi connectivity index (χ2v) is 5.86. The molecule has 0 bridgehead atoms. The fourth-order valence-corrected chi connectivity index (χ4v) is 2.26. The van der Waals surface area contributed by atoms with Crippen molar-refractivity contribution in [1.29, 1.82) is 0 Å². The summed E-state index contributed by atoms with van der Waals surface area (Å²) in [5.41, 5.74) is 2.20. The molecule has 0 aliphatic heterocycles. The Morgan fingerprint density at radius 3 is 2.45 bits per heavy atom. The van der Waals surface area contributed by atoms with E-state index in [2.05, 4.69) is 11.4 Å². The van der Waals surface area contributed by atoms with Crippen LogP contribution < -0.4 is 5.32 Å². The molecule has 122 valence electrons. The fraction of sp³-hybridized carbons (Fsp3) is 0.556. The molecule has 1 N–H and O–H groups in total. The topological polar surface area (TPSA) is 49.4 Å². The Morgan fingerprint density at radius 1 is 1.23 bits per heavy atom. The van der Waals surface area contributed by atoms with E-state index in [9.17, 15) is 9.59 Å². The zero-order valence-corrected chi connectivity index (χ0v) is 14.3. The molecule has 0 aromatic heterocycles. The Hall–Kier alpha value is -1.84. The molecule has 0 radical (unpaired) electrons. The number of aryl methyl sites for hydroxylation is 1. The number of rotatable bonds is 7. The number of carbonyl (C=O) groups excluding carboxylic acids is 2. The van der Waals surface area contributed by atoms with Crippen molar-refractivity contribution < 1.29 is 9.59 Å². The van der Waals surface area contributed by atoms with Gasteiger partial charge in [0.15, 0.2) is 0 Å². The standard InChI is InChI=1S/C18H28N2O2/c1-6-14(4)19-18(22)15(5)20(17(21)7-2)12-16-10-8-9-13(3)11-16/h8-11,14-15H,6-7,12H2,1-5H3,(H,19,22)/t14-,15-/m1/s1. The van der Waals surface area contributed by atoms with Gasteiger partial charge in [-0.2, -0.15) is 0 Å². The van der Waals surface area contributed by atoms with Crippen LogP contribution in [-0.2, 0) is 16.1 Å². The Kier molecular flexibility index (Phi) is 7.09. The van der Waals surface area contributed by atoms with Crippen molar-refractivity contribution >= 4 is 11.8 Å². The number of amides is 2. The van der Waals surface area contributed by atoms with Crippen molar-refractivity contribution in [3.05, 3.63) is 35.4 Å². The first-order valence-electron chi connectivity index (χ1n) is 8.04. The second kappa shape index (κ2) is 8.57. The second-order valence-electron chi connectivity index (χ2n) is 5.86. The summed E-state index contributed by atoms with van der Waals surface area (Å²) in [6.45, 7) is 10.1. The van der Waals surface area contributed by atoms with Crippen molar-refractivity contribution in [2.24, 2.45) is 0 Å². The summed E-state index contributed by atoms with van der Waals surface area (Å²) in [4.78, 5) is 26.2. The molecule has 1 rings (SSSR count). The summed E-state index contributed by atoms with van der Waals surface area (Å²) in [6, 6.07) is 7.68. The molecule has 2 atom stereocenters. The van der Waals surface area contributed by atoms with Gasteiger partial charge in [-0.25, -0.2) is 0 Å². The van der Waals surface area contributed by atoms with E-state index in [0.29, 0.717) is 13.0 Å². The lowest BCUT2D eigenvalue weighted by Crippen LogP contribution is -2.49. The van der Waals surface area contributed by atoms with E-state index in [0.717, 1.165) is 17.5 Å². The molecule has 0 aliphatic rings. The summed E-state index contributed by atoms with van der Waals surface area (Å²) in [5, 5.41) is 2.95. The third kappa shape index (κ3) is 5.17. The fourth-order valence-electron chi connectivity index (χ4n) is 2.26. The summed E-state index contributed by atoms with van der Waals surface area (Å²) < 4.78 is 0. The third-order valence-electron chi connectivity index (χ3n) is 3.91. The minimum atomic E-state index is -0.470. The maximum atomic E-state index is 12.3. The number of hydrogen-bond donors (Lipinski definition) is 1. The summed E-state index contributed by atoms with van der Waals surface area (Å²) in [7, 11) is 0. The molecule has 4 nitrogen and oxygen atoms in total. The Morgan fingerprint density at radius 2 is 1.91 bits per heavy atom. The Balaban J connectivity index is 2.88. The zero-order chi connectivity index (χ0) is 16.7. The number of carbonyl (C=O) groups is 2. The first-order chi connectivity index (χ1) is 10.4. The van der Waals surface area contributed by atoms with Gasteiger partial charge in [-0.1, -0.05) is 43.7 Å². The van der Waals surface area contributed by atoms with Crippen LogP contribution in [0.1, 0.15) is 51.7 Å². The van der Waals surface area contributed by atoms with Gasteiger partial charge in [0.05, 0.1) is 0 Å². The Bertz CT molecular complexity index is 514. The van der Waals surface area contributed by atoms with E-state index >= 15 is 0 Å². The number of hydrogen-bond acceptors (Lipinski definition) is 2. The van der Waals surface area contributed by atoms with Crippen LogP contribution in [0.25, 0.3) is 0 Å². The van der Waals surface area contributed by atoms with Gasteiger partial charge in [-0.05, 0) is 32.8 Å². The minimum absolute atomic E-state index is 0.00620. The van der Waals surface area contributed by atoms with Crippen LogP contribution >= 0.6 is 0 Å². The van der Waals surface area contributed by atoms with Crippen LogP contribution in [0.5, 0.6) is 0 Å². The van der Waals surface area contributed by atoms with Gasteiger partial charge in [-0.15, -0.1) is 0 Å². The van der Waals surface area contributed by atoms with Gasteiger partial charge < -0.3 is 10.2 Å². The number of nitrogens with zero attached hydrogens (tertiary/aromatic N) is 1. The highest BCUT2D eigenvalue weighted by Gasteiger charge is 2.25. The normalized spacial score (nSPS) is 13.3. The molecule has 0 fully saturated rings. The van der Waals surface area contributed by atoms with E-state index < -0.39 is 6.04 Å². The highest BCUT2D eigenvalue weighted by atomic mass is 16.2. The van der Waals surface area contributed by atoms with Crippen LogP contribution in [0.15, 0.2) is 24.3 Å². The lowest BCUT2D eigenvalue weighted by atomic mass is 10.1. The molecule has 1 aromatic carbocycles. The maximum absolute atomic E-state index is 12.3. The molecular weight excluding hydrogens is 276 g/mol. The van der Waals surface area contributed by atoms with E-state index in [1.807, 2.05) is 45.9 Å². The van der Waals surface area contributed by atoms with E-state index in [1.54, 1.807) is 11.8 Å². The quantitative estimate of drug-likeness (QED) is 0.841. The van der Waals surface area contributed by atoms with Crippen LogP contribution in [0, 0.1) is 6.92 Å². The van der Waals surface area contributed by atoms with Crippen molar-refractivity contribution in [1.82, 2.24) is 10.2 Å². The Labute approximate surface area is 133 Å². The summed E-state index contributed by atoms with van der Waals surface area (Å²) in [5.74, 6) is -0.0999. The van der Waals surface area contributed by atoms with E-state index in [-0.39, 0.29) is 17.9 Å². The number of nitrogens with one attached hydrogen (secondary N) is 1. The average molecular weight is 304 g/mol. The molecule has 4 heteroatoms. The molecule has 2 amide bonds. The SMILES string of the molecule is CCC(=O)N(Cc1cccc(C)c1)[C@H](C)C(=O)N[C@H](C)CC. The van der Waals surface area contributed by atoms with Crippen LogP contribution in [0.2, 0.25) is 0 Å². The summed E-state index contributed by atoms with van der Waals surface area (Å²) >= 11 is 0. The smallest absolute Gasteiger partial charge is 0.242 e. The van der Waals surface area contributed by atoms with Gasteiger partial charge in [0, 0.05) is 19.0 Å². The lowest BCUT2D eigenvalue weighted by molar-refractivity contribution is -0.140. The number of benzene rings is 1. The minimum Gasteiger partial charge on any atom is -0.352 e.